The highest BCUT2D eigenvalue weighted by Crippen LogP contribution is 2.30. The average Bonchev–Trinajstić information content (AvgIpc) is 2.28. The van der Waals surface area contributed by atoms with E-state index in [2.05, 4.69) is 6.08 Å². The van der Waals surface area contributed by atoms with Gasteiger partial charge in [-0.05, 0) is 44.1 Å². The zero-order chi connectivity index (χ0) is 12.8. The van der Waals surface area contributed by atoms with Crippen molar-refractivity contribution in [1.29, 1.82) is 0 Å². The quantitative estimate of drug-likeness (QED) is 0.824. The van der Waals surface area contributed by atoms with Crippen LogP contribution in [0.5, 0.6) is 0 Å². The highest BCUT2D eigenvalue weighted by Gasteiger charge is 2.30. The number of nitrogens with two attached hydrogens (primary N) is 1. The summed E-state index contributed by atoms with van der Waals surface area (Å²) in [6.07, 6.45) is 15.6. The summed E-state index contributed by atoms with van der Waals surface area (Å²) in [7, 11) is 0. The molecule has 0 spiro atoms. The highest BCUT2D eigenvalue weighted by molar-refractivity contribution is 5.96. The van der Waals surface area contributed by atoms with Crippen LogP contribution in [0, 0.1) is 0 Å². The maximum atomic E-state index is 12.4. The molecule has 0 unspecified atom stereocenters. The van der Waals surface area contributed by atoms with Crippen LogP contribution in [0.4, 0.5) is 0 Å². The van der Waals surface area contributed by atoms with Crippen molar-refractivity contribution < 1.29 is 4.79 Å². The molecule has 2 aliphatic rings. The van der Waals surface area contributed by atoms with Crippen LogP contribution in [0.2, 0.25) is 0 Å². The van der Waals surface area contributed by atoms with Gasteiger partial charge < -0.3 is 5.73 Å². The molecular weight excluding hydrogens is 222 g/mol. The molecule has 0 aliphatic heterocycles. The first-order valence-electron chi connectivity index (χ1n) is 7.71. The topological polar surface area (TPSA) is 43.1 Å². The summed E-state index contributed by atoms with van der Waals surface area (Å²) in [6.45, 7) is 0. The van der Waals surface area contributed by atoms with Crippen LogP contribution in [-0.4, -0.2) is 11.3 Å². The van der Waals surface area contributed by atoms with Gasteiger partial charge in [0.05, 0.1) is 0 Å². The first-order valence-corrected chi connectivity index (χ1v) is 7.71. The van der Waals surface area contributed by atoms with E-state index in [1.54, 1.807) is 0 Å². The van der Waals surface area contributed by atoms with Crippen LogP contribution in [0.1, 0.15) is 77.0 Å². The van der Waals surface area contributed by atoms with E-state index in [-0.39, 0.29) is 5.54 Å². The molecule has 102 valence electrons. The van der Waals surface area contributed by atoms with Gasteiger partial charge in [-0.15, -0.1) is 0 Å². The van der Waals surface area contributed by atoms with E-state index in [1.807, 2.05) is 0 Å². The fourth-order valence-corrected chi connectivity index (χ4v) is 3.31. The molecule has 0 bridgehead atoms. The van der Waals surface area contributed by atoms with Gasteiger partial charge in [-0.1, -0.05) is 38.2 Å². The standard InChI is InChI=1S/C16H27NO/c17-16(11-7-4-8-12-16)13-15(18)14-9-5-2-1-3-6-10-14/h9H,1-8,10-13,17H2. The molecule has 2 N–H and O–H groups in total. The lowest BCUT2D eigenvalue weighted by Crippen LogP contribution is -2.43. The summed E-state index contributed by atoms with van der Waals surface area (Å²) >= 11 is 0. The van der Waals surface area contributed by atoms with Gasteiger partial charge in [-0.3, -0.25) is 4.79 Å². The molecule has 2 heteroatoms. The van der Waals surface area contributed by atoms with Gasteiger partial charge in [0.1, 0.15) is 0 Å². The van der Waals surface area contributed by atoms with Gasteiger partial charge in [0.25, 0.3) is 0 Å². The lowest BCUT2D eigenvalue weighted by Gasteiger charge is -2.33. The van der Waals surface area contributed by atoms with Gasteiger partial charge >= 0.3 is 0 Å². The smallest absolute Gasteiger partial charge is 0.160 e. The first kappa shape index (κ1) is 13.8. The van der Waals surface area contributed by atoms with E-state index in [1.165, 1.54) is 44.9 Å². The number of Topliss-reactive ketones (excluding diaryl/α,β-unsaturated/α-hetero) is 1. The number of carbonyl (C=O) groups is 1. The van der Waals surface area contributed by atoms with Gasteiger partial charge in [0.15, 0.2) is 5.78 Å². The minimum atomic E-state index is -0.196. The zero-order valence-corrected chi connectivity index (χ0v) is 11.5. The first-order chi connectivity index (χ1) is 8.70. The van der Waals surface area contributed by atoms with E-state index in [4.69, 9.17) is 5.73 Å². The van der Waals surface area contributed by atoms with Gasteiger partial charge in [-0.25, -0.2) is 0 Å². The van der Waals surface area contributed by atoms with E-state index < -0.39 is 0 Å². The summed E-state index contributed by atoms with van der Waals surface area (Å²) in [5, 5.41) is 0. The molecule has 0 aromatic heterocycles. The molecule has 2 aliphatic carbocycles. The van der Waals surface area contributed by atoms with Crippen LogP contribution < -0.4 is 5.73 Å². The Morgan fingerprint density at radius 1 is 1.06 bits per heavy atom. The van der Waals surface area contributed by atoms with Gasteiger partial charge in [-0.2, -0.15) is 0 Å². The van der Waals surface area contributed by atoms with Crippen molar-refractivity contribution in [3.8, 4) is 0 Å². The van der Waals surface area contributed by atoms with E-state index in [0.717, 1.165) is 31.3 Å². The van der Waals surface area contributed by atoms with Crippen molar-refractivity contribution in [1.82, 2.24) is 0 Å². The van der Waals surface area contributed by atoms with Crippen LogP contribution in [0.25, 0.3) is 0 Å². The monoisotopic (exact) mass is 249 g/mol. The number of ketones is 1. The van der Waals surface area contributed by atoms with Crippen molar-refractivity contribution in [3.63, 3.8) is 0 Å². The Labute approximate surface area is 111 Å². The van der Waals surface area contributed by atoms with Crippen LogP contribution >= 0.6 is 0 Å². The fraction of sp³-hybridized carbons (Fsp3) is 0.812. The lowest BCUT2D eigenvalue weighted by molar-refractivity contribution is -0.117. The number of rotatable bonds is 3. The summed E-state index contributed by atoms with van der Waals surface area (Å²) in [5.41, 5.74) is 7.27. The maximum Gasteiger partial charge on any atom is 0.160 e. The number of hydrogen-bond acceptors (Lipinski definition) is 2. The predicted molar refractivity (Wildman–Crippen MR) is 75.4 cm³/mol. The molecule has 2 rings (SSSR count). The number of carbonyl (C=O) groups excluding carboxylic acids is 1. The summed E-state index contributed by atoms with van der Waals surface area (Å²) in [6, 6.07) is 0. The minimum Gasteiger partial charge on any atom is -0.325 e. The Kier molecular flexibility index (Phi) is 4.99. The second-order valence-corrected chi connectivity index (χ2v) is 6.21. The number of allylic oxidation sites excluding steroid dienone is 2. The largest absolute Gasteiger partial charge is 0.325 e. The Hall–Kier alpha value is -0.630. The molecule has 18 heavy (non-hydrogen) atoms. The average molecular weight is 249 g/mol. The molecule has 0 saturated heterocycles. The van der Waals surface area contributed by atoms with E-state index >= 15 is 0 Å². The predicted octanol–water partition coefficient (Wildman–Crippen LogP) is 3.89. The molecule has 1 fully saturated rings. The summed E-state index contributed by atoms with van der Waals surface area (Å²) in [5.74, 6) is 0.335. The SMILES string of the molecule is NC1(CC(=O)C2=CCCCCCC2)CCCCC1. The highest BCUT2D eigenvalue weighted by atomic mass is 16.1. The van der Waals surface area contributed by atoms with Crippen molar-refractivity contribution in [2.24, 2.45) is 5.73 Å². The second-order valence-electron chi connectivity index (χ2n) is 6.21. The van der Waals surface area contributed by atoms with Crippen molar-refractivity contribution in [3.05, 3.63) is 11.6 Å². The Morgan fingerprint density at radius 3 is 2.50 bits per heavy atom. The van der Waals surface area contributed by atoms with E-state index in [9.17, 15) is 4.79 Å². The molecule has 0 amide bonds. The zero-order valence-electron chi connectivity index (χ0n) is 11.5. The molecule has 0 aromatic rings. The van der Waals surface area contributed by atoms with Crippen LogP contribution in [0.15, 0.2) is 11.6 Å². The summed E-state index contributed by atoms with van der Waals surface area (Å²) in [4.78, 5) is 12.4. The van der Waals surface area contributed by atoms with Crippen LogP contribution in [-0.2, 0) is 4.79 Å². The molecule has 0 heterocycles. The Balaban J connectivity index is 1.93. The van der Waals surface area contributed by atoms with Gasteiger partial charge in [0, 0.05) is 12.0 Å². The summed E-state index contributed by atoms with van der Waals surface area (Å²) < 4.78 is 0. The maximum absolute atomic E-state index is 12.4. The Bertz CT molecular complexity index is 313. The minimum absolute atomic E-state index is 0.196. The molecule has 0 atom stereocenters. The van der Waals surface area contributed by atoms with Crippen LogP contribution in [0.3, 0.4) is 0 Å². The molecule has 0 aromatic carbocycles. The molecule has 1 saturated carbocycles. The third kappa shape index (κ3) is 3.94. The van der Waals surface area contributed by atoms with E-state index in [0.29, 0.717) is 12.2 Å². The Morgan fingerprint density at radius 2 is 1.72 bits per heavy atom. The lowest BCUT2D eigenvalue weighted by atomic mass is 9.77. The molecule has 2 nitrogen and oxygen atoms in total. The fourth-order valence-electron chi connectivity index (χ4n) is 3.31. The van der Waals surface area contributed by atoms with Crippen molar-refractivity contribution in [2.75, 3.05) is 0 Å². The molecule has 0 radical (unpaired) electrons. The van der Waals surface area contributed by atoms with Crippen molar-refractivity contribution in [2.45, 2.75) is 82.6 Å². The third-order valence-corrected chi connectivity index (χ3v) is 4.51. The normalized spacial score (nSPS) is 24.8. The van der Waals surface area contributed by atoms with Gasteiger partial charge in [0.2, 0.25) is 0 Å². The second kappa shape index (κ2) is 6.51. The molecular formula is C16H27NO. The third-order valence-electron chi connectivity index (χ3n) is 4.51. The number of hydrogen-bond donors (Lipinski definition) is 1. The van der Waals surface area contributed by atoms with Crippen molar-refractivity contribution >= 4 is 5.78 Å².